The maximum atomic E-state index is 13.0. The van der Waals surface area contributed by atoms with E-state index in [2.05, 4.69) is 55.4 Å². The topological polar surface area (TPSA) is 237 Å². The Morgan fingerprint density at radius 2 is 0.565 bits per heavy atom. The number of carbonyl (C=O) groups is 4. The third-order valence-corrected chi connectivity index (χ3v) is 17.7. The van der Waals surface area contributed by atoms with Crippen molar-refractivity contribution in [2.45, 2.75) is 337 Å². The second-order valence-corrected chi connectivity index (χ2v) is 28.2. The summed E-state index contributed by atoms with van der Waals surface area (Å²) >= 11 is 0. The molecule has 0 aliphatic rings. The van der Waals surface area contributed by atoms with Crippen LogP contribution in [0.2, 0.25) is 0 Å². The van der Waals surface area contributed by atoms with Gasteiger partial charge >= 0.3 is 39.5 Å². The summed E-state index contributed by atoms with van der Waals surface area (Å²) in [7, 11) is -9.89. The number of hydrogen-bond acceptors (Lipinski definition) is 15. The van der Waals surface area contributed by atoms with Gasteiger partial charge in [0.1, 0.15) is 19.3 Å². The van der Waals surface area contributed by atoms with Gasteiger partial charge in [-0.05, 0) is 49.4 Å². The Bertz CT molecular complexity index is 1700. The van der Waals surface area contributed by atoms with E-state index >= 15 is 0 Å². The molecule has 504 valence electrons. The largest absolute Gasteiger partial charge is 0.472 e. The monoisotopic (exact) mass is 1250 g/mol. The first-order valence-corrected chi connectivity index (χ1v) is 37.3. The Morgan fingerprint density at radius 1 is 0.329 bits per heavy atom. The number of hydrogen-bond donors (Lipinski definition) is 3. The first kappa shape index (κ1) is 83.1. The third-order valence-electron chi connectivity index (χ3n) is 15.8. The molecule has 19 heteroatoms. The van der Waals surface area contributed by atoms with E-state index in [1.807, 2.05) is 0 Å². The van der Waals surface area contributed by atoms with E-state index in [1.165, 1.54) is 116 Å². The molecular formula is C66H128O17P2. The van der Waals surface area contributed by atoms with Gasteiger partial charge in [-0.1, -0.05) is 267 Å². The Hall–Kier alpha value is -1.94. The van der Waals surface area contributed by atoms with Crippen LogP contribution in [0.15, 0.2) is 0 Å². The van der Waals surface area contributed by atoms with Gasteiger partial charge in [0.2, 0.25) is 0 Å². The molecule has 85 heavy (non-hydrogen) atoms. The highest BCUT2D eigenvalue weighted by Gasteiger charge is 2.30. The fourth-order valence-corrected chi connectivity index (χ4v) is 11.3. The molecule has 0 aliphatic heterocycles. The fourth-order valence-electron chi connectivity index (χ4n) is 9.72. The molecule has 0 rings (SSSR count). The minimum absolute atomic E-state index is 0.102. The Kier molecular flexibility index (Phi) is 54.8. The second kappa shape index (κ2) is 56.1. The zero-order valence-corrected chi connectivity index (χ0v) is 57.0. The second-order valence-electron chi connectivity index (χ2n) is 25.3. The van der Waals surface area contributed by atoms with E-state index in [1.54, 1.807) is 0 Å². The third kappa shape index (κ3) is 58.2. The lowest BCUT2D eigenvalue weighted by molar-refractivity contribution is -0.161. The zero-order chi connectivity index (χ0) is 63.2. The summed E-state index contributed by atoms with van der Waals surface area (Å²) in [4.78, 5) is 72.3. The summed E-state index contributed by atoms with van der Waals surface area (Å²) in [6, 6.07) is 0. The van der Waals surface area contributed by atoms with Crippen LogP contribution in [0, 0.1) is 23.7 Å². The number of carbonyl (C=O) groups excluding carboxylic acids is 4. The van der Waals surface area contributed by atoms with Crippen LogP contribution in [0.5, 0.6) is 0 Å². The first-order valence-electron chi connectivity index (χ1n) is 34.3. The molecule has 0 radical (unpaired) electrons. The summed E-state index contributed by atoms with van der Waals surface area (Å²) in [6.45, 7) is 14.0. The highest BCUT2D eigenvalue weighted by Crippen LogP contribution is 2.45. The SMILES string of the molecule is CCC(C)CCCCCCCCCCC(=O)OC[C@H](COP(=O)(O)OC[C@@H](O)COP(=O)(O)OC[C@@H](COC(=O)CCCCCCCCC(C)CC)OC(=O)CCCCCCCCCC(C)C)OC(=O)CCCCCCCCCCCCC(C)C. The molecule has 3 N–H and O–H groups in total. The fraction of sp³-hybridized carbons (Fsp3) is 0.939. The average Bonchev–Trinajstić information content (AvgIpc) is 3.48. The molecule has 0 heterocycles. The van der Waals surface area contributed by atoms with Gasteiger partial charge in [-0.3, -0.25) is 37.3 Å². The Labute approximate surface area is 517 Å². The predicted molar refractivity (Wildman–Crippen MR) is 340 cm³/mol. The minimum Gasteiger partial charge on any atom is -0.462 e. The maximum absolute atomic E-state index is 13.0. The molecule has 0 saturated carbocycles. The van der Waals surface area contributed by atoms with Crippen molar-refractivity contribution in [2.75, 3.05) is 39.6 Å². The Morgan fingerprint density at radius 3 is 0.835 bits per heavy atom. The van der Waals surface area contributed by atoms with Crippen LogP contribution >= 0.6 is 15.6 Å². The van der Waals surface area contributed by atoms with Crippen molar-refractivity contribution in [1.82, 2.24) is 0 Å². The van der Waals surface area contributed by atoms with E-state index in [0.29, 0.717) is 31.6 Å². The van der Waals surface area contributed by atoms with Gasteiger partial charge in [-0.15, -0.1) is 0 Å². The van der Waals surface area contributed by atoms with Crippen LogP contribution in [0.3, 0.4) is 0 Å². The molecule has 0 amide bonds. The highest BCUT2D eigenvalue weighted by atomic mass is 31.2. The molecule has 0 aromatic rings. The summed E-state index contributed by atoms with van der Waals surface area (Å²) in [5, 5.41) is 10.6. The van der Waals surface area contributed by atoms with Gasteiger partial charge in [-0.2, -0.15) is 0 Å². The standard InChI is InChI=1S/C66H128O17P2/c1-9-58(7)44-36-28-20-15-16-21-30-38-46-63(68)76-52-61(82-65(70)48-40-32-22-14-12-11-13-18-26-34-42-56(3)4)54-80-84(72,73)78-50-60(67)51-79-85(74,75)81-55-62(83-66(71)49-41-33-23-17-19-27-35-43-57(5)6)53-77-64(69)47-39-31-25-24-29-37-45-59(8)10-2/h56-62,67H,9-55H2,1-8H3,(H,72,73)(H,74,75)/t58?,59?,60-,61-,62-/m1/s1. The smallest absolute Gasteiger partial charge is 0.462 e. The lowest BCUT2D eigenvalue weighted by Crippen LogP contribution is -2.30. The summed E-state index contributed by atoms with van der Waals surface area (Å²) in [5.41, 5.74) is 0. The van der Waals surface area contributed by atoms with Crippen molar-refractivity contribution in [3.8, 4) is 0 Å². The van der Waals surface area contributed by atoms with Crippen LogP contribution in [0.1, 0.15) is 319 Å². The highest BCUT2D eigenvalue weighted by molar-refractivity contribution is 7.47. The lowest BCUT2D eigenvalue weighted by Gasteiger charge is -2.21. The van der Waals surface area contributed by atoms with Gasteiger partial charge in [0, 0.05) is 25.7 Å². The minimum atomic E-state index is -4.95. The average molecular weight is 1260 g/mol. The number of esters is 4. The quantitative estimate of drug-likeness (QED) is 0.0222. The van der Waals surface area contributed by atoms with Crippen LogP contribution in [-0.2, 0) is 65.4 Å². The molecule has 0 bridgehead atoms. The van der Waals surface area contributed by atoms with Gasteiger partial charge in [0.25, 0.3) is 0 Å². The number of ether oxygens (including phenoxy) is 4. The van der Waals surface area contributed by atoms with Crippen LogP contribution in [0.4, 0.5) is 0 Å². The molecule has 0 fully saturated rings. The molecule has 7 atom stereocenters. The maximum Gasteiger partial charge on any atom is 0.472 e. The molecule has 0 aromatic carbocycles. The van der Waals surface area contributed by atoms with Crippen molar-refractivity contribution in [3.05, 3.63) is 0 Å². The van der Waals surface area contributed by atoms with E-state index < -0.39 is 97.5 Å². The van der Waals surface area contributed by atoms with Crippen molar-refractivity contribution in [3.63, 3.8) is 0 Å². The zero-order valence-electron chi connectivity index (χ0n) is 55.2. The van der Waals surface area contributed by atoms with Crippen molar-refractivity contribution in [2.24, 2.45) is 23.7 Å². The molecule has 0 aliphatic carbocycles. The molecule has 0 saturated heterocycles. The normalized spacial score (nSPS) is 15.0. The number of phosphoric ester groups is 2. The predicted octanol–water partition coefficient (Wildman–Crippen LogP) is 18.1. The number of phosphoric acid groups is 2. The molecule has 0 spiro atoms. The van der Waals surface area contributed by atoms with Crippen LogP contribution in [-0.4, -0.2) is 96.7 Å². The van der Waals surface area contributed by atoms with Crippen LogP contribution in [0.25, 0.3) is 0 Å². The number of unbranched alkanes of at least 4 members (excludes halogenated alkanes) is 27. The van der Waals surface area contributed by atoms with Crippen molar-refractivity contribution in [1.29, 1.82) is 0 Å². The number of rotatable bonds is 63. The lowest BCUT2D eigenvalue weighted by atomic mass is 9.99. The summed E-state index contributed by atoms with van der Waals surface area (Å²) in [5.74, 6) is 0.818. The van der Waals surface area contributed by atoms with E-state index in [0.717, 1.165) is 114 Å². The van der Waals surface area contributed by atoms with Crippen LogP contribution < -0.4 is 0 Å². The molecular weight excluding hydrogens is 1130 g/mol. The van der Waals surface area contributed by atoms with Gasteiger partial charge < -0.3 is 33.8 Å². The summed E-state index contributed by atoms with van der Waals surface area (Å²) in [6.07, 6.45) is 36.2. The molecule has 4 unspecified atom stereocenters. The van der Waals surface area contributed by atoms with Crippen molar-refractivity contribution >= 4 is 39.5 Å². The van der Waals surface area contributed by atoms with E-state index in [-0.39, 0.29) is 25.7 Å². The van der Waals surface area contributed by atoms with Gasteiger partial charge in [-0.25, -0.2) is 9.13 Å². The van der Waals surface area contributed by atoms with Gasteiger partial charge in [0.15, 0.2) is 12.2 Å². The van der Waals surface area contributed by atoms with Crippen molar-refractivity contribution < 1.29 is 80.2 Å². The van der Waals surface area contributed by atoms with E-state index in [9.17, 15) is 43.2 Å². The molecule has 17 nitrogen and oxygen atoms in total. The number of aliphatic hydroxyl groups excluding tert-OH is 1. The Balaban J connectivity index is 5.27. The van der Waals surface area contributed by atoms with E-state index in [4.69, 9.17) is 37.0 Å². The molecule has 0 aromatic heterocycles. The summed E-state index contributed by atoms with van der Waals surface area (Å²) < 4.78 is 68.1. The first-order chi connectivity index (χ1) is 40.7. The number of aliphatic hydroxyl groups is 1. The van der Waals surface area contributed by atoms with Gasteiger partial charge in [0.05, 0.1) is 26.4 Å².